The highest BCUT2D eigenvalue weighted by atomic mass is 35.5. The van der Waals surface area contributed by atoms with Gasteiger partial charge in [-0.2, -0.15) is 9.78 Å². The number of benzene rings is 1. The van der Waals surface area contributed by atoms with Gasteiger partial charge < -0.3 is 9.64 Å². The van der Waals surface area contributed by atoms with Crippen LogP contribution in [0.15, 0.2) is 29.2 Å². The van der Waals surface area contributed by atoms with Gasteiger partial charge in [-0.05, 0) is 18.6 Å². The molecule has 0 aliphatic rings. The SMILES string of the molecule is COCCCN(C)c1cnn(-c2ccc(F)cc2F)c(=O)c1Cl. The summed E-state index contributed by atoms with van der Waals surface area (Å²) in [4.78, 5) is 14.1. The fourth-order valence-corrected chi connectivity index (χ4v) is 2.35. The quantitative estimate of drug-likeness (QED) is 0.757. The van der Waals surface area contributed by atoms with Gasteiger partial charge in [0, 0.05) is 33.4 Å². The number of methoxy groups -OCH3 is 1. The van der Waals surface area contributed by atoms with Crippen molar-refractivity contribution in [1.29, 1.82) is 0 Å². The van der Waals surface area contributed by atoms with Crippen molar-refractivity contribution in [2.24, 2.45) is 0 Å². The summed E-state index contributed by atoms with van der Waals surface area (Å²) in [6, 6.07) is 2.87. The Morgan fingerprint density at radius 1 is 1.39 bits per heavy atom. The molecule has 0 amide bonds. The summed E-state index contributed by atoms with van der Waals surface area (Å²) in [7, 11) is 3.37. The lowest BCUT2D eigenvalue weighted by molar-refractivity contribution is 0.196. The van der Waals surface area contributed by atoms with Gasteiger partial charge in [0.05, 0.1) is 11.9 Å². The van der Waals surface area contributed by atoms with E-state index < -0.39 is 17.2 Å². The molecular formula is C15H16ClF2N3O2. The molecule has 1 heterocycles. The lowest BCUT2D eigenvalue weighted by atomic mass is 10.3. The van der Waals surface area contributed by atoms with Gasteiger partial charge in [0.25, 0.3) is 5.56 Å². The molecule has 0 N–H and O–H groups in total. The third kappa shape index (κ3) is 3.86. The number of anilines is 1. The summed E-state index contributed by atoms with van der Waals surface area (Å²) >= 11 is 6.10. The second-order valence-electron chi connectivity index (χ2n) is 4.92. The normalized spacial score (nSPS) is 10.8. The van der Waals surface area contributed by atoms with Crippen molar-refractivity contribution >= 4 is 17.3 Å². The molecule has 0 saturated carbocycles. The summed E-state index contributed by atoms with van der Waals surface area (Å²) < 4.78 is 32.6. The Labute approximate surface area is 137 Å². The average molecular weight is 344 g/mol. The Morgan fingerprint density at radius 3 is 2.78 bits per heavy atom. The Hall–Kier alpha value is -1.99. The van der Waals surface area contributed by atoms with Gasteiger partial charge in [0.1, 0.15) is 16.5 Å². The third-order valence-corrected chi connectivity index (χ3v) is 3.65. The zero-order valence-corrected chi connectivity index (χ0v) is 13.5. The molecule has 1 aromatic heterocycles. The maximum atomic E-state index is 13.8. The zero-order valence-electron chi connectivity index (χ0n) is 12.7. The monoisotopic (exact) mass is 343 g/mol. The molecule has 1 aromatic carbocycles. The van der Waals surface area contributed by atoms with Gasteiger partial charge in [-0.3, -0.25) is 4.79 Å². The van der Waals surface area contributed by atoms with E-state index in [1.54, 1.807) is 19.1 Å². The number of ether oxygens (including phenoxy) is 1. The van der Waals surface area contributed by atoms with E-state index in [2.05, 4.69) is 5.10 Å². The molecule has 5 nitrogen and oxygen atoms in total. The summed E-state index contributed by atoms with van der Waals surface area (Å²) in [5.41, 5.74) is -0.397. The molecule has 0 aliphatic heterocycles. The second-order valence-corrected chi connectivity index (χ2v) is 5.30. The number of halogens is 3. The first kappa shape index (κ1) is 17.4. The Balaban J connectivity index is 2.36. The molecule has 0 atom stereocenters. The lowest BCUT2D eigenvalue weighted by Crippen LogP contribution is -2.27. The van der Waals surface area contributed by atoms with E-state index in [1.165, 1.54) is 6.20 Å². The molecule has 0 unspecified atom stereocenters. The summed E-state index contributed by atoms with van der Waals surface area (Å²) in [6.07, 6.45) is 2.12. The smallest absolute Gasteiger partial charge is 0.292 e. The molecule has 0 radical (unpaired) electrons. The van der Waals surface area contributed by atoms with E-state index in [-0.39, 0.29) is 10.7 Å². The Kier molecular flexibility index (Phi) is 5.68. The maximum Gasteiger partial charge on any atom is 0.292 e. The van der Waals surface area contributed by atoms with Crippen LogP contribution in [-0.4, -0.2) is 37.1 Å². The predicted molar refractivity (Wildman–Crippen MR) is 84.5 cm³/mol. The second kappa shape index (κ2) is 7.52. The van der Waals surface area contributed by atoms with Gasteiger partial charge in [-0.15, -0.1) is 0 Å². The minimum absolute atomic E-state index is 0.0800. The van der Waals surface area contributed by atoms with Crippen molar-refractivity contribution in [2.45, 2.75) is 6.42 Å². The van der Waals surface area contributed by atoms with Gasteiger partial charge in [-0.25, -0.2) is 8.78 Å². The number of hydrogen-bond acceptors (Lipinski definition) is 4. The van der Waals surface area contributed by atoms with Gasteiger partial charge in [0.2, 0.25) is 0 Å². The fraction of sp³-hybridized carbons (Fsp3) is 0.333. The van der Waals surface area contributed by atoms with E-state index in [4.69, 9.17) is 16.3 Å². The van der Waals surface area contributed by atoms with Gasteiger partial charge >= 0.3 is 0 Å². The largest absolute Gasteiger partial charge is 0.385 e. The van der Waals surface area contributed by atoms with Crippen molar-refractivity contribution in [3.63, 3.8) is 0 Å². The molecule has 2 aromatic rings. The number of aromatic nitrogens is 2. The zero-order chi connectivity index (χ0) is 17.0. The van der Waals surface area contributed by atoms with Crippen LogP contribution in [0.3, 0.4) is 0 Å². The molecule has 0 aliphatic carbocycles. The summed E-state index contributed by atoms with van der Waals surface area (Å²) in [5, 5.41) is 3.85. The Morgan fingerprint density at radius 2 is 2.13 bits per heavy atom. The van der Waals surface area contributed by atoms with Crippen LogP contribution in [0.5, 0.6) is 0 Å². The third-order valence-electron chi connectivity index (χ3n) is 3.29. The first-order chi connectivity index (χ1) is 11.0. The van der Waals surface area contributed by atoms with Crippen molar-refractivity contribution in [3.8, 4) is 5.69 Å². The van der Waals surface area contributed by atoms with E-state index >= 15 is 0 Å². The standard InChI is InChI=1S/C15H16ClF2N3O2/c1-20(6-3-7-23-2)13-9-19-21(15(22)14(13)16)12-5-4-10(17)8-11(12)18/h4-5,8-9H,3,6-7H2,1-2H3. The fourth-order valence-electron chi connectivity index (χ4n) is 2.08. The summed E-state index contributed by atoms with van der Waals surface area (Å²) in [6.45, 7) is 1.19. The molecular weight excluding hydrogens is 328 g/mol. The van der Waals surface area contributed by atoms with Crippen LogP contribution in [0.1, 0.15) is 6.42 Å². The van der Waals surface area contributed by atoms with Crippen molar-refractivity contribution < 1.29 is 13.5 Å². The van der Waals surface area contributed by atoms with E-state index in [1.807, 2.05) is 0 Å². The van der Waals surface area contributed by atoms with Crippen LogP contribution in [0.4, 0.5) is 14.5 Å². The van der Waals surface area contributed by atoms with Gasteiger partial charge in [0.15, 0.2) is 5.82 Å². The predicted octanol–water partition coefficient (Wildman–Crippen LogP) is 2.64. The van der Waals surface area contributed by atoms with Crippen LogP contribution >= 0.6 is 11.6 Å². The average Bonchev–Trinajstić information content (AvgIpc) is 2.51. The van der Waals surface area contributed by atoms with Gasteiger partial charge in [-0.1, -0.05) is 11.6 Å². The van der Waals surface area contributed by atoms with Crippen molar-refractivity contribution in [1.82, 2.24) is 9.78 Å². The molecule has 0 bridgehead atoms. The molecule has 8 heteroatoms. The van der Waals surface area contributed by atoms with Crippen molar-refractivity contribution in [3.05, 3.63) is 51.4 Å². The topological polar surface area (TPSA) is 47.4 Å². The molecule has 2 rings (SSSR count). The van der Waals surface area contributed by atoms with E-state index in [9.17, 15) is 13.6 Å². The number of hydrogen-bond donors (Lipinski definition) is 0. The van der Waals surface area contributed by atoms with E-state index in [0.717, 1.165) is 23.2 Å². The minimum atomic E-state index is -0.892. The van der Waals surface area contributed by atoms with Crippen LogP contribution in [0.2, 0.25) is 5.02 Å². The maximum absolute atomic E-state index is 13.8. The van der Waals surface area contributed by atoms with Crippen molar-refractivity contribution in [2.75, 3.05) is 32.2 Å². The van der Waals surface area contributed by atoms with Crippen LogP contribution in [0.25, 0.3) is 5.69 Å². The lowest BCUT2D eigenvalue weighted by Gasteiger charge is -2.20. The molecule has 0 spiro atoms. The molecule has 0 saturated heterocycles. The van der Waals surface area contributed by atoms with Crippen LogP contribution in [0, 0.1) is 11.6 Å². The summed E-state index contributed by atoms with van der Waals surface area (Å²) in [5.74, 6) is -1.63. The minimum Gasteiger partial charge on any atom is -0.385 e. The molecule has 124 valence electrons. The highest BCUT2D eigenvalue weighted by Crippen LogP contribution is 2.21. The first-order valence-electron chi connectivity index (χ1n) is 6.89. The van der Waals surface area contributed by atoms with Crippen LogP contribution in [-0.2, 0) is 4.74 Å². The molecule has 0 fully saturated rings. The van der Waals surface area contributed by atoms with E-state index in [0.29, 0.717) is 24.9 Å². The highest BCUT2D eigenvalue weighted by molar-refractivity contribution is 6.33. The van der Waals surface area contributed by atoms with Crippen LogP contribution < -0.4 is 10.5 Å². The number of rotatable bonds is 6. The first-order valence-corrected chi connectivity index (χ1v) is 7.27. The Bertz CT molecular complexity index is 752. The number of nitrogens with zero attached hydrogens (tertiary/aromatic N) is 3. The molecule has 23 heavy (non-hydrogen) atoms. The highest BCUT2D eigenvalue weighted by Gasteiger charge is 2.16.